The number of urea groups is 1. The van der Waals surface area contributed by atoms with Crippen molar-refractivity contribution in [2.75, 3.05) is 19.8 Å². The summed E-state index contributed by atoms with van der Waals surface area (Å²) in [5, 5.41) is 0. The van der Waals surface area contributed by atoms with Gasteiger partial charge in [0.05, 0.1) is 19.3 Å². The second-order valence-corrected chi connectivity index (χ2v) is 5.62. The Kier molecular flexibility index (Phi) is 2.81. The van der Waals surface area contributed by atoms with E-state index in [1.807, 2.05) is 6.92 Å². The molecule has 0 bridgehead atoms. The summed E-state index contributed by atoms with van der Waals surface area (Å²) in [5.74, 6) is -0.208. The number of hydrogen-bond donors (Lipinski definition) is 0. The Morgan fingerprint density at radius 1 is 1.37 bits per heavy atom. The molecule has 3 rings (SSSR count). The zero-order valence-corrected chi connectivity index (χ0v) is 11.3. The van der Waals surface area contributed by atoms with Crippen LogP contribution in [0.3, 0.4) is 0 Å². The molecule has 3 amide bonds. The standard InChI is InChI=1S/C12H18N2O5/c1-7(19-9-6-18-9)4-13-10(15)12(2,3)14(11(13)16)8-5-17-8/h7-9H,4-6H2,1-3H3. The number of carbonyl (C=O) groups excluding carboxylic acids is 2. The smallest absolute Gasteiger partial charge is 0.329 e. The highest BCUT2D eigenvalue weighted by Crippen LogP contribution is 2.34. The van der Waals surface area contributed by atoms with Crippen molar-refractivity contribution in [2.45, 2.75) is 44.9 Å². The lowest BCUT2D eigenvalue weighted by molar-refractivity contribution is -0.133. The van der Waals surface area contributed by atoms with Crippen LogP contribution in [0.15, 0.2) is 0 Å². The Morgan fingerprint density at radius 3 is 2.53 bits per heavy atom. The lowest BCUT2D eigenvalue weighted by Crippen LogP contribution is -2.45. The predicted molar refractivity (Wildman–Crippen MR) is 63.1 cm³/mol. The van der Waals surface area contributed by atoms with Gasteiger partial charge < -0.3 is 14.2 Å². The largest absolute Gasteiger partial charge is 0.351 e. The summed E-state index contributed by atoms with van der Waals surface area (Å²) in [4.78, 5) is 27.4. The molecule has 0 N–H and O–H groups in total. The van der Waals surface area contributed by atoms with Gasteiger partial charge in [0.25, 0.3) is 5.91 Å². The van der Waals surface area contributed by atoms with E-state index in [4.69, 9.17) is 14.2 Å². The number of nitrogens with zero attached hydrogens (tertiary/aromatic N) is 2. The van der Waals surface area contributed by atoms with Crippen LogP contribution in [0, 0.1) is 0 Å². The van der Waals surface area contributed by atoms with E-state index in [9.17, 15) is 9.59 Å². The molecule has 0 aromatic carbocycles. The van der Waals surface area contributed by atoms with Gasteiger partial charge in [-0.05, 0) is 20.8 Å². The van der Waals surface area contributed by atoms with Gasteiger partial charge in [-0.25, -0.2) is 4.79 Å². The molecule has 0 aromatic rings. The molecule has 3 aliphatic rings. The molecule has 7 nitrogen and oxygen atoms in total. The predicted octanol–water partition coefficient (Wildman–Crippen LogP) is 0.147. The first-order valence-corrected chi connectivity index (χ1v) is 6.45. The third-order valence-electron chi connectivity index (χ3n) is 3.54. The van der Waals surface area contributed by atoms with Gasteiger partial charge in [0.1, 0.15) is 12.1 Å². The fourth-order valence-corrected chi connectivity index (χ4v) is 2.40. The molecule has 3 heterocycles. The Labute approximate surface area is 111 Å². The summed E-state index contributed by atoms with van der Waals surface area (Å²) in [6.07, 6.45) is -0.686. The van der Waals surface area contributed by atoms with Crippen LogP contribution in [-0.2, 0) is 19.0 Å². The van der Waals surface area contributed by atoms with Crippen LogP contribution in [0.4, 0.5) is 4.79 Å². The number of hydrogen-bond acceptors (Lipinski definition) is 5. The molecule has 0 aromatic heterocycles. The quantitative estimate of drug-likeness (QED) is 0.525. The molecule has 0 radical (unpaired) electrons. The normalized spacial score (nSPS) is 33.8. The number of rotatable bonds is 5. The highest BCUT2D eigenvalue weighted by atomic mass is 16.8. The monoisotopic (exact) mass is 270 g/mol. The fourth-order valence-electron chi connectivity index (χ4n) is 2.40. The van der Waals surface area contributed by atoms with Crippen molar-refractivity contribution in [3.63, 3.8) is 0 Å². The van der Waals surface area contributed by atoms with Crippen LogP contribution >= 0.6 is 0 Å². The van der Waals surface area contributed by atoms with E-state index < -0.39 is 5.54 Å². The fraction of sp³-hybridized carbons (Fsp3) is 0.833. The molecular weight excluding hydrogens is 252 g/mol. The van der Waals surface area contributed by atoms with Crippen LogP contribution < -0.4 is 0 Å². The zero-order chi connectivity index (χ0) is 13.8. The van der Waals surface area contributed by atoms with Gasteiger partial charge in [-0.2, -0.15) is 0 Å². The minimum Gasteiger partial charge on any atom is -0.351 e. The Morgan fingerprint density at radius 2 is 2.00 bits per heavy atom. The van der Waals surface area contributed by atoms with Crippen molar-refractivity contribution < 1.29 is 23.8 Å². The molecule has 0 spiro atoms. The molecule has 3 aliphatic heterocycles. The average molecular weight is 270 g/mol. The molecule has 0 saturated carbocycles. The number of amides is 3. The maximum absolute atomic E-state index is 12.3. The molecule has 3 unspecified atom stereocenters. The van der Waals surface area contributed by atoms with Crippen molar-refractivity contribution >= 4 is 11.9 Å². The highest BCUT2D eigenvalue weighted by Gasteiger charge is 2.57. The van der Waals surface area contributed by atoms with Gasteiger partial charge in [0.15, 0.2) is 12.5 Å². The summed E-state index contributed by atoms with van der Waals surface area (Å²) in [6.45, 7) is 6.63. The molecule has 3 saturated heterocycles. The van der Waals surface area contributed by atoms with Crippen molar-refractivity contribution in [3.8, 4) is 0 Å². The van der Waals surface area contributed by atoms with Gasteiger partial charge in [0, 0.05) is 0 Å². The summed E-state index contributed by atoms with van der Waals surface area (Å²) in [6, 6.07) is -0.301. The van der Waals surface area contributed by atoms with E-state index in [-0.39, 0.29) is 37.1 Å². The van der Waals surface area contributed by atoms with Gasteiger partial charge in [0.2, 0.25) is 0 Å². The van der Waals surface area contributed by atoms with E-state index in [2.05, 4.69) is 0 Å². The van der Waals surface area contributed by atoms with Crippen LogP contribution in [-0.4, -0.2) is 65.7 Å². The van der Waals surface area contributed by atoms with E-state index in [0.29, 0.717) is 13.2 Å². The van der Waals surface area contributed by atoms with Gasteiger partial charge in [-0.1, -0.05) is 0 Å². The molecule has 19 heavy (non-hydrogen) atoms. The first-order chi connectivity index (χ1) is 8.91. The maximum atomic E-state index is 12.3. The first kappa shape index (κ1) is 12.8. The third kappa shape index (κ3) is 2.22. The van der Waals surface area contributed by atoms with Crippen LogP contribution in [0.25, 0.3) is 0 Å². The molecule has 0 aliphatic carbocycles. The number of carbonyl (C=O) groups is 2. The number of imide groups is 1. The number of epoxide rings is 2. The van der Waals surface area contributed by atoms with E-state index in [1.54, 1.807) is 13.8 Å². The second kappa shape index (κ2) is 4.16. The second-order valence-electron chi connectivity index (χ2n) is 5.62. The summed E-state index contributed by atoms with van der Waals surface area (Å²) >= 11 is 0. The average Bonchev–Trinajstić information content (AvgIpc) is 3.18. The number of ether oxygens (including phenoxy) is 3. The van der Waals surface area contributed by atoms with Gasteiger partial charge >= 0.3 is 6.03 Å². The first-order valence-electron chi connectivity index (χ1n) is 6.45. The zero-order valence-electron chi connectivity index (χ0n) is 11.3. The van der Waals surface area contributed by atoms with Crippen molar-refractivity contribution in [1.29, 1.82) is 0 Å². The van der Waals surface area contributed by atoms with Gasteiger partial charge in [-0.3, -0.25) is 14.6 Å². The third-order valence-corrected chi connectivity index (χ3v) is 3.54. The van der Waals surface area contributed by atoms with Crippen molar-refractivity contribution in [3.05, 3.63) is 0 Å². The lowest BCUT2D eigenvalue weighted by Gasteiger charge is -2.25. The Hall–Kier alpha value is -1.18. The molecule has 7 heteroatoms. The molecule has 106 valence electrons. The maximum Gasteiger partial charge on any atom is 0.329 e. The van der Waals surface area contributed by atoms with E-state index >= 15 is 0 Å². The van der Waals surface area contributed by atoms with E-state index in [1.165, 1.54) is 9.80 Å². The van der Waals surface area contributed by atoms with Gasteiger partial charge in [-0.15, -0.1) is 0 Å². The SMILES string of the molecule is CC(CN1C(=O)N(C2CO2)C(C)(C)C1=O)OC1CO1. The van der Waals surface area contributed by atoms with Crippen LogP contribution in [0.2, 0.25) is 0 Å². The molecule has 3 atom stereocenters. The lowest BCUT2D eigenvalue weighted by atomic mass is 10.0. The van der Waals surface area contributed by atoms with Crippen molar-refractivity contribution in [1.82, 2.24) is 9.80 Å². The molecule has 3 fully saturated rings. The Balaban J connectivity index is 1.70. The van der Waals surface area contributed by atoms with Crippen molar-refractivity contribution in [2.24, 2.45) is 0 Å². The summed E-state index contributed by atoms with van der Waals surface area (Å²) in [5.41, 5.74) is -0.853. The van der Waals surface area contributed by atoms with E-state index in [0.717, 1.165) is 0 Å². The minimum absolute atomic E-state index is 0.182. The minimum atomic E-state index is -0.853. The topological polar surface area (TPSA) is 74.9 Å². The van der Waals surface area contributed by atoms with Crippen LogP contribution in [0.1, 0.15) is 20.8 Å². The molecular formula is C12H18N2O5. The Bertz CT molecular complexity index is 416. The van der Waals surface area contributed by atoms with Crippen LogP contribution in [0.5, 0.6) is 0 Å². The summed E-state index contributed by atoms with van der Waals surface area (Å²) in [7, 11) is 0. The summed E-state index contributed by atoms with van der Waals surface area (Å²) < 4.78 is 15.6. The highest BCUT2D eigenvalue weighted by molar-refractivity contribution is 6.06.